The van der Waals surface area contributed by atoms with Crippen LogP contribution in [0.4, 0.5) is 0 Å². The Kier molecular flexibility index (Phi) is 9.51. The number of imidazole rings is 1. The zero-order valence-corrected chi connectivity index (χ0v) is 19.5. The minimum absolute atomic E-state index is 0. The molecular formula is C18H30IN5O2S. The van der Waals surface area contributed by atoms with E-state index < -0.39 is 9.84 Å². The van der Waals surface area contributed by atoms with Gasteiger partial charge in [0.25, 0.3) is 0 Å². The van der Waals surface area contributed by atoms with Crippen molar-refractivity contribution in [3.8, 4) is 0 Å². The topological polar surface area (TPSA) is 87.9 Å². The molecule has 0 amide bonds. The fourth-order valence-electron chi connectivity index (χ4n) is 2.62. The number of aryl methyl sites for hydroxylation is 1. The van der Waals surface area contributed by atoms with Gasteiger partial charge >= 0.3 is 0 Å². The van der Waals surface area contributed by atoms with Gasteiger partial charge < -0.3 is 15.0 Å². The Morgan fingerprint density at radius 3 is 2.78 bits per heavy atom. The summed E-state index contributed by atoms with van der Waals surface area (Å²) in [5.74, 6) is 0.870. The van der Waals surface area contributed by atoms with Gasteiger partial charge in [-0.3, -0.25) is 4.99 Å². The first-order chi connectivity index (χ1) is 12.3. The van der Waals surface area contributed by atoms with Gasteiger partial charge in [-0.2, -0.15) is 0 Å². The minimum Gasteiger partial charge on any atom is -0.357 e. The highest BCUT2D eigenvalue weighted by Gasteiger charge is 2.09. The summed E-state index contributed by atoms with van der Waals surface area (Å²) in [6.07, 6.45) is 6.59. The summed E-state index contributed by atoms with van der Waals surface area (Å²) < 4.78 is 24.6. The Hall–Kier alpha value is -1.36. The smallest absolute Gasteiger partial charge is 0.191 e. The monoisotopic (exact) mass is 507 g/mol. The third kappa shape index (κ3) is 8.04. The van der Waals surface area contributed by atoms with Crippen LogP contribution in [0.5, 0.6) is 0 Å². The number of guanidine groups is 1. The quantitative estimate of drug-likeness (QED) is 0.325. The molecule has 2 N–H and O–H groups in total. The van der Waals surface area contributed by atoms with Crippen molar-refractivity contribution < 1.29 is 8.42 Å². The number of sulfone groups is 1. The van der Waals surface area contributed by atoms with Gasteiger partial charge in [-0.1, -0.05) is 6.07 Å². The van der Waals surface area contributed by atoms with E-state index in [2.05, 4.69) is 33.6 Å². The molecule has 1 unspecified atom stereocenters. The van der Waals surface area contributed by atoms with Crippen molar-refractivity contribution in [3.05, 3.63) is 35.8 Å². The molecule has 0 spiro atoms. The average Bonchev–Trinajstić information content (AvgIpc) is 2.97. The van der Waals surface area contributed by atoms with Crippen molar-refractivity contribution in [2.24, 2.45) is 4.99 Å². The fourth-order valence-corrected chi connectivity index (χ4v) is 3.41. The Morgan fingerprint density at radius 1 is 1.41 bits per heavy atom. The summed E-state index contributed by atoms with van der Waals surface area (Å²) in [7, 11) is -2.95. The summed E-state index contributed by atoms with van der Waals surface area (Å²) in [5.41, 5.74) is 3.13. The molecular weight excluding hydrogens is 477 g/mol. The van der Waals surface area contributed by atoms with Crippen molar-refractivity contribution in [3.63, 3.8) is 0 Å². The molecule has 0 bridgehead atoms. The maximum atomic E-state index is 11.3. The molecule has 2 heterocycles. The normalized spacial score (nSPS) is 13.3. The highest BCUT2D eigenvalue weighted by molar-refractivity contribution is 14.0. The highest BCUT2D eigenvalue weighted by atomic mass is 127. The van der Waals surface area contributed by atoms with Crippen LogP contribution in [0.25, 0.3) is 5.65 Å². The fraction of sp³-hybridized carbons (Fsp3) is 0.556. The van der Waals surface area contributed by atoms with E-state index >= 15 is 0 Å². The number of aliphatic imine (C=N–C) groups is 1. The predicted octanol–water partition coefficient (Wildman–Crippen LogP) is 2.18. The highest BCUT2D eigenvalue weighted by Crippen LogP contribution is 2.10. The first-order valence-electron chi connectivity index (χ1n) is 8.94. The summed E-state index contributed by atoms with van der Waals surface area (Å²) >= 11 is 0. The summed E-state index contributed by atoms with van der Waals surface area (Å²) in [5, 5.41) is 6.46. The van der Waals surface area contributed by atoms with E-state index in [-0.39, 0.29) is 35.8 Å². The van der Waals surface area contributed by atoms with E-state index in [0.29, 0.717) is 18.9 Å². The molecule has 0 fully saturated rings. The number of aromatic nitrogens is 2. The average molecular weight is 507 g/mol. The van der Waals surface area contributed by atoms with E-state index in [9.17, 15) is 8.42 Å². The second-order valence-corrected chi connectivity index (χ2v) is 8.89. The van der Waals surface area contributed by atoms with Crippen LogP contribution in [-0.2, 0) is 16.3 Å². The first kappa shape index (κ1) is 23.7. The molecule has 0 saturated carbocycles. The lowest BCUT2D eigenvalue weighted by atomic mass is 10.3. The van der Waals surface area contributed by atoms with Crippen molar-refractivity contribution in [1.82, 2.24) is 20.0 Å². The Morgan fingerprint density at radius 2 is 2.15 bits per heavy atom. The molecule has 0 aliphatic heterocycles. The maximum Gasteiger partial charge on any atom is 0.191 e. The molecule has 0 saturated heterocycles. The minimum atomic E-state index is -2.95. The zero-order chi connectivity index (χ0) is 19.2. The molecule has 9 heteroatoms. The first-order valence-corrected chi connectivity index (χ1v) is 11.0. The van der Waals surface area contributed by atoms with Crippen LogP contribution >= 0.6 is 24.0 Å². The number of pyridine rings is 1. The summed E-state index contributed by atoms with van der Waals surface area (Å²) in [4.78, 5) is 9.24. The second kappa shape index (κ2) is 10.8. The van der Waals surface area contributed by atoms with Crippen LogP contribution in [-0.4, -0.2) is 54.9 Å². The van der Waals surface area contributed by atoms with Gasteiger partial charge in [0.15, 0.2) is 5.96 Å². The standard InChI is InChI=1S/C18H29N5O2S.HI/c1-5-19-18(21-15(3)9-12-26(4,24)25)20-10-8-16-13-23-11-6-7-14(2)17(23)22-16;/h6-7,11,13,15H,5,8-10,12H2,1-4H3,(H2,19,20,21);1H. The molecule has 1 atom stereocenters. The van der Waals surface area contributed by atoms with Gasteiger partial charge in [-0.15, -0.1) is 24.0 Å². The molecule has 0 aliphatic carbocycles. The molecule has 2 aromatic rings. The van der Waals surface area contributed by atoms with Crippen molar-refractivity contribution >= 4 is 45.4 Å². The van der Waals surface area contributed by atoms with Crippen molar-refractivity contribution in [1.29, 1.82) is 0 Å². The number of fused-ring (bicyclic) bond motifs is 1. The second-order valence-electron chi connectivity index (χ2n) is 6.63. The molecule has 0 aromatic carbocycles. The molecule has 2 rings (SSSR count). The SMILES string of the molecule is CCNC(=NCCc1cn2cccc(C)c2n1)NC(C)CCS(C)(=O)=O.I. The van der Waals surface area contributed by atoms with E-state index in [1.807, 2.05) is 36.7 Å². The molecule has 2 aromatic heterocycles. The van der Waals surface area contributed by atoms with Crippen LogP contribution in [0.3, 0.4) is 0 Å². The maximum absolute atomic E-state index is 11.3. The summed E-state index contributed by atoms with van der Waals surface area (Å²) in [6, 6.07) is 4.09. The van der Waals surface area contributed by atoms with Gasteiger partial charge in [0, 0.05) is 44.2 Å². The van der Waals surface area contributed by atoms with Gasteiger partial charge in [0.2, 0.25) is 0 Å². The van der Waals surface area contributed by atoms with E-state index in [0.717, 1.165) is 29.9 Å². The number of halogens is 1. The molecule has 7 nitrogen and oxygen atoms in total. The molecule has 0 aliphatic rings. The largest absolute Gasteiger partial charge is 0.357 e. The number of nitrogens with zero attached hydrogens (tertiary/aromatic N) is 3. The summed E-state index contributed by atoms with van der Waals surface area (Å²) in [6.45, 7) is 7.37. The number of rotatable bonds is 8. The Balaban J connectivity index is 0.00000364. The van der Waals surface area contributed by atoms with Gasteiger partial charge in [-0.25, -0.2) is 13.4 Å². The Bertz CT molecular complexity index is 864. The van der Waals surface area contributed by atoms with Crippen molar-refractivity contribution in [2.45, 2.75) is 39.7 Å². The van der Waals surface area contributed by atoms with Crippen LogP contribution in [0.15, 0.2) is 29.5 Å². The van der Waals surface area contributed by atoms with Crippen molar-refractivity contribution in [2.75, 3.05) is 25.1 Å². The third-order valence-electron chi connectivity index (χ3n) is 4.01. The van der Waals surface area contributed by atoms with E-state index in [1.165, 1.54) is 6.26 Å². The van der Waals surface area contributed by atoms with Crippen LogP contribution in [0, 0.1) is 6.92 Å². The van der Waals surface area contributed by atoms with Crippen LogP contribution in [0.2, 0.25) is 0 Å². The predicted molar refractivity (Wildman–Crippen MR) is 122 cm³/mol. The lowest BCUT2D eigenvalue weighted by Gasteiger charge is -2.17. The number of nitrogens with one attached hydrogen (secondary N) is 2. The number of hydrogen-bond acceptors (Lipinski definition) is 4. The third-order valence-corrected chi connectivity index (χ3v) is 4.99. The number of hydrogen-bond donors (Lipinski definition) is 2. The van der Waals surface area contributed by atoms with E-state index in [4.69, 9.17) is 0 Å². The molecule has 152 valence electrons. The molecule has 27 heavy (non-hydrogen) atoms. The van der Waals surface area contributed by atoms with Crippen LogP contribution < -0.4 is 10.6 Å². The van der Waals surface area contributed by atoms with E-state index in [1.54, 1.807) is 0 Å². The lowest BCUT2D eigenvalue weighted by molar-refractivity contribution is 0.581. The van der Waals surface area contributed by atoms with Gasteiger partial charge in [-0.05, 0) is 38.8 Å². The Labute approximate surface area is 179 Å². The van der Waals surface area contributed by atoms with Gasteiger partial charge in [0.05, 0.1) is 11.4 Å². The zero-order valence-electron chi connectivity index (χ0n) is 16.4. The molecule has 0 radical (unpaired) electrons. The lowest BCUT2D eigenvalue weighted by Crippen LogP contribution is -2.43. The van der Waals surface area contributed by atoms with Crippen LogP contribution in [0.1, 0.15) is 31.5 Å². The van der Waals surface area contributed by atoms with Gasteiger partial charge in [0.1, 0.15) is 15.5 Å².